The van der Waals surface area contributed by atoms with Gasteiger partial charge < -0.3 is 0 Å². The van der Waals surface area contributed by atoms with E-state index in [1.165, 1.54) is 34.6 Å². The predicted octanol–water partition coefficient (Wildman–Crippen LogP) is 11.7. The highest BCUT2D eigenvalue weighted by molar-refractivity contribution is 7.79. The first-order chi connectivity index (χ1) is 20.9. The largest absolute Gasteiger partial charge is 0.0622 e. The standard InChI is InChI=1S/C41H36P2/c1-39(2)37-35(42-25-40(37,3)31(27-17-9-5-10-18-27)33(42)29-21-13-7-14-22-29)36-38(39)41(4)26-43(36)34(30-23-15-8-16-24-30)32(41)28-19-11-6-12-20-28/h5-24H,25-26H2,1-4H3/t40-,41-,42-,43+/m0/s1. The Morgan fingerprint density at radius 3 is 1.02 bits per heavy atom. The molecule has 9 rings (SSSR count). The molecule has 4 aliphatic heterocycles. The number of allylic oxidation sites excluding steroid dienone is 6. The second kappa shape index (κ2) is 8.88. The molecule has 0 aromatic heterocycles. The molecule has 0 amide bonds. The Balaban J connectivity index is 1.29. The van der Waals surface area contributed by atoms with Crippen molar-refractivity contribution >= 4 is 37.6 Å². The first kappa shape index (κ1) is 26.1. The normalized spacial score (nSPS) is 29.7. The summed E-state index contributed by atoms with van der Waals surface area (Å²) in [4.78, 5) is 0. The summed E-state index contributed by atoms with van der Waals surface area (Å²) in [6, 6.07) is 45.5. The van der Waals surface area contributed by atoms with Crippen LogP contribution in [-0.2, 0) is 0 Å². The fourth-order valence-electron chi connectivity index (χ4n) is 9.83. The van der Waals surface area contributed by atoms with E-state index in [2.05, 4.69) is 149 Å². The van der Waals surface area contributed by atoms with Crippen LogP contribution in [0, 0.1) is 16.2 Å². The second-order valence-electron chi connectivity index (χ2n) is 13.8. The van der Waals surface area contributed by atoms with Crippen LogP contribution in [-0.4, -0.2) is 12.3 Å². The molecular formula is C41H36P2. The molecule has 0 radical (unpaired) electrons. The molecule has 4 atom stereocenters. The van der Waals surface area contributed by atoms with Crippen LogP contribution in [0.15, 0.2) is 143 Å². The van der Waals surface area contributed by atoms with E-state index in [-0.39, 0.29) is 16.2 Å². The van der Waals surface area contributed by atoms with E-state index >= 15 is 0 Å². The third-order valence-electron chi connectivity index (χ3n) is 10.9. The second-order valence-corrected chi connectivity index (χ2v) is 18.0. The maximum absolute atomic E-state index is 2.61. The van der Waals surface area contributed by atoms with Crippen molar-refractivity contribution in [2.45, 2.75) is 27.7 Å². The fraction of sp³-hybridized carbons (Fsp3) is 0.220. The Bertz CT molecular complexity index is 1800. The summed E-state index contributed by atoms with van der Waals surface area (Å²) in [5.74, 6) is 0. The average Bonchev–Trinajstić information content (AvgIpc) is 3.77. The van der Waals surface area contributed by atoms with E-state index in [0.29, 0.717) is 0 Å². The first-order valence-electron chi connectivity index (χ1n) is 15.6. The third-order valence-corrected chi connectivity index (χ3v) is 17.0. The minimum Gasteiger partial charge on any atom is -0.0622 e. The van der Waals surface area contributed by atoms with Gasteiger partial charge in [0, 0.05) is 16.2 Å². The Morgan fingerprint density at radius 2 is 0.698 bits per heavy atom. The zero-order valence-corrected chi connectivity index (χ0v) is 27.1. The maximum atomic E-state index is 2.61. The van der Waals surface area contributed by atoms with Crippen LogP contribution in [0.3, 0.4) is 0 Å². The molecule has 4 aromatic rings. The lowest BCUT2D eigenvalue weighted by atomic mass is 9.59. The highest BCUT2D eigenvalue weighted by Gasteiger charge is 2.68. The molecule has 43 heavy (non-hydrogen) atoms. The van der Waals surface area contributed by atoms with Gasteiger partial charge in [0.2, 0.25) is 0 Å². The van der Waals surface area contributed by atoms with E-state index in [1.807, 2.05) is 0 Å². The zero-order chi connectivity index (χ0) is 29.1. The summed E-state index contributed by atoms with van der Waals surface area (Å²) in [5, 5.41) is 6.88. The van der Waals surface area contributed by atoms with Gasteiger partial charge in [-0.1, -0.05) is 149 Å². The monoisotopic (exact) mass is 590 g/mol. The van der Waals surface area contributed by atoms with E-state index in [4.69, 9.17) is 0 Å². The van der Waals surface area contributed by atoms with Gasteiger partial charge in [-0.3, -0.25) is 0 Å². The van der Waals surface area contributed by atoms with Crippen molar-refractivity contribution in [2.75, 3.05) is 12.3 Å². The van der Waals surface area contributed by atoms with Crippen LogP contribution in [0.4, 0.5) is 0 Å². The lowest BCUT2D eigenvalue weighted by Crippen LogP contribution is -2.35. The van der Waals surface area contributed by atoms with Crippen molar-refractivity contribution < 1.29 is 0 Å². The van der Waals surface area contributed by atoms with Gasteiger partial charge in [0.05, 0.1) is 0 Å². The van der Waals surface area contributed by atoms with E-state index in [0.717, 1.165) is 0 Å². The molecule has 210 valence electrons. The molecule has 4 bridgehead atoms. The Morgan fingerprint density at radius 1 is 0.395 bits per heavy atom. The van der Waals surface area contributed by atoms with Gasteiger partial charge in [0.1, 0.15) is 0 Å². The third kappa shape index (κ3) is 3.25. The topological polar surface area (TPSA) is 0 Å². The molecule has 0 spiro atoms. The molecule has 1 aliphatic carbocycles. The number of benzene rings is 4. The lowest BCUT2D eigenvalue weighted by molar-refractivity contribution is 0.390. The van der Waals surface area contributed by atoms with Gasteiger partial charge in [-0.15, -0.1) is 0 Å². The first-order valence-corrected chi connectivity index (χ1v) is 18.7. The fourth-order valence-corrected chi connectivity index (χ4v) is 18.1. The highest BCUT2D eigenvalue weighted by atomic mass is 31.1. The molecule has 0 nitrogen and oxygen atoms in total. The number of hydrogen-bond acceptors (Lipinski definition) is 0. The SMILES string of the molecule is CC1(C)C2=C(C3=C1[C@@]1(C)C[P@]3C(c3ccccc3)=C1c1ccccc1)[P@@]1C[C@@]2(C)C(c2ccccc2)=C1c1ccccc1. The molecule has 0 unspecified atom stereocenters. The molecule has 5 aliphatic rings. The van der Waals surface area contributed by atoms with Crippen LogP contribution in [0.25, 0.3) is 21.8 Å². The molecule has 0 saturated carbocycles. The maximum Gasteiger partial charge on any atom is 0.0209 e. The van der Waals surface area contributed by atoms with Crippen molar-refractivity contribution in [3.05, 3.63) is 165 Å². The van der Waals surface area contributed by atoms with Crippen molar-refractivity contribution in [3.8, 4) is 0 Å². The zero-order valence-electron chi connectivity index (χ0n) is 25.4. The highest BCUT2D eigenvalue weighted by Crippen LogP contribution is 2.92. The number of rotatable bonds is 4. The van der Waals surface area contributed by atoms with Crippen LogP contribution in [0.2, 0.25) is 0 Å². The van der Waals surface area contributed by atoms with Crippen molar-refractivity contribution in [1.29, 1.82) is 0 Å². The number of hydrogen-bond donors (Lipinski definition) is 0. The van der Waals surface area contributed by atoms with Gasteiger partial charge in [-0.05, 0) is 94.0 Å². The molecule has 0 N–H and O–H groups in total. The summed E-state index contributed by atoms with van der Waals surface area (Å²) in [7, 11) is -0.893. The van der Waals surface area contributed by atoms with Crippen LogP contribution < -0.4 is 0 Å². The minimum absolute atomic E-state index is 0.0346. The predicted molar refractivity (Wildman–Crippen MR) is 187 cm³/mol. The summed E-state index contributed by atoms with van der Waals surface area (Å²) < 4.78 is 0. The van der Waals surface area contributed by atoms with E-state index < -0.39 is 15.8 Å². The Labute approximate surface area is 258 Å². The quantitative estimate of drug-likeness (QED) is 0.207. The summed E-state index contributed by atoms with van der Waals surface area (Å²) in [6.07, 6.45) is 2.52. The molecular weight excluding hydrogens is 554 g/mol. The van der Waals surface area contributed by atoms with Gasteiger partial charge in [-0.25, -0.2) is 0 Å². The summed E-state index contributed by atoms with van der Waals surface area (Å²) in [6.45, 7) is 10.4. The Hall–Kier alpha value is -3.30. The van der Waals surface area contributed by atoms with E-state index in [1.54, 1.807) is 43.5 Å². The van der Waals surface area contributed by atoms with Crippen LogP contribution in [0.1, 0.15) is 49.9 Å². The van der Waals surface area contributed by atoms with Crippen molar-refractivity contribution in [3.63, 3.8) is 0 Å². The summed E-state index contributed by atoms with van der Waals surface area (Å²) in [5.41, 5.74) is 12.5. The molecule has 4 aromatic carbocycles. The lowest BCUT2D eigenvalue weighted by Gasteiger charge is -2.44. The average molecular weight is 591 g/mol. The summed E-state index contributed by atoms with van der Waals surface area (Å²) >= 11 is 0. The molecule has 4 heterocycles. The van der Waals surface area contributed by atoms with Gasteiger partial charge in [0.15, 0.2) is 0 Å². The van der Waals surface area contributed by atoms with Crippen molar-refractivity contribution in [1.82, 2.24) is 0 Å². The minimum atomic E-state index is -0.446. The number of fused-ring (bicyclic) bond motifs is 9. The molecule has 0 fully saturated rings. The van der Waals surface area contributed by atoms with Gasteiger partial charge >= 0.3 is 0 Å². The van der Waals surface area contributed by atoms with Crippen LogP contribution in [0.5, 0.6) is 0 Å². The van der Waals surface area contributed by atoms with E-state index in [9.17, 15) is 0 Å². The molecule has 0 saturated heterocycles. The Kier molecular flexibility index (Phi) is 5.40. The van der Waals surface area contributed by atoms with Gasteiger partial charge in [-0.2, -0.15) is 0 Å². The van der Waals surface area contributed by atoms with Crippen molar-refractivity contribution in [2.24, 2.45) is 16.2 Å². The molecule has 2 heteroatoms. The van der Waals surface area contributed by atoms with Crippen LogP contribution >= 0.6 is 15.8 Å². The van der Waals surface area contributed by atoms with Gasteiger partial charge in [0.25, 0.3) is 0 Å². The smallest absolute Gasteiger partial charge is 0.0209 e.